The minimum Gasteiger partial charge on any atom is -0.311 e. The van der Waals surface area contributed by atoms with Crippen molar-refractivity contribution < 1.29 is 0 Å². The lowest BCUT2D eigenvalue weighted by Crippen LogP contribution is -2.53. The Labute approximate surface area is 126 Å². The van der Waals surface area contributed by atoms with Crippen LogP contribution in [0.15, 0.2) is 0 Å². The van der Waals surface area contributed by atoms with Crippen LogP contribution in [0.25, 0.3) is 0 Å². The van der Waals surface area contributed by atoms with Crippen molar-refractivity contribution in [3.63, 3.8) is 0 Å². The number of nitrogens with zero attached hydrogens (tertiary/aromatic N) is 2. The van der Waals surface area contributed by atoms with E-state index in [9.17, 15) is 0 Å². The van der Waals surface area contributed by atoms with Crippen molar-refractivity contribution in [1.29, 1.82) is 0 Å². The molecule has 0 spiro atoms. The van der Waals surface area contributed by atoms with Crippen LogP contribution in [0.4, 0.5) is 0 Å². The minimum absolute atomic E-state index is 0.714. The molecule has 1 aromatic heterocycles. The van der Waals surface area contributed by atoms with E-state index in [0.717, 1.165) is 19.0 Å². The monoisotopic (exact) mass is 293 g/mol. The van der Waals surface area contributed by atoms with Gasteiger partial charge in [0.25, 0.3) is 0 Å². The summed E-state index contributed by atoms with van der Waals surface area (Å²) in [5.74, 6) is 0.909. The highest BCUT2D eigenvalue weighted by Gasteiger charge is 2.28. The van der Waals surface area contributed by atoms with Crippen LogP contribution < -0.4 is 5.32 Å². The number of rotatable bonds is 3. The molecule has 1 aromatic rings. The first-order valence-electron chi connectivity index (χ1n) is 8.11. The van der Waals surface area contributed by atoms with Gasteiger partial charge in [-0.3, -0.25) is 4.90 Å². The number of hydrogen-bond acceptors (Lipinski definition) is 4. The van der Waals surface area contributed by atoms with Gasteiger partial charge < -0.3 is 5.32 Å². The van der Waals surface area contributed by atoms with E-state index in [4.69, 9.17) is 4.98 Å². The topological polar surface area (TPSA) is 28.2 Å². The number of nitrogens with one attached hydrogen (secondary N) is 1. The summed E-state index contributed by atoms with van der Waals surface area (Å²) in [6.07, 6.45) is 7.19. The van der Waals surface area contributed by atoms with Crippen LogP contribution >= 0.6 is 11.3 Å². The van der Waals surface area contributed by atoms with Gasteiger partial charge in [-0.05, 0) is 32.6 Å². The number of aryl methyl sites for hydroxylation is 2. The maximum Gasteiger partial charge on any atom is 0.107 e. The Morgan fingerprint density at radius 3 is 2.75 bits per heavy atom. The lowest BCUT2D eigenvalue weighted by molar-refractivity contribution is 0.141. The predicted octanol–water partition coefficient (Wildman–Crippen LogP) is 3.11. The number of hydrogen-bond donors (Lipinski definition) is 1. The van der Waals surface area contributed by atoms with E-state index in [2.05, 4.69) is 24.1 Å². The van der Waals surface area contributed by atoms with Crippen LogP contribution in [0.2, 0.25) is 0 Å². The average molecular weight is 293 g/mol. The van der Waals surface area contributed by atoms with E-state index < -0.39 is 0 Å². The van der Waals surface area contributed by atoms with Gasteiger partial charge in [-0.1, -0.05) is 19.3 Å². The average Bonchev–Trinajstić information content (AvgIpc) is 2.78. The molecule has 1 unspecified atom stereocenters. The minimum atomic E-state index is 0.714. The van der Waals surface area contributed by atoms with Gasteiger partial charge in [0, 0.05) is 30.6 Å². The summed E-state index contributed by atoms with van der Waals surface area (Å²) < 4.78 is 0. The molecule has 3 nitrogen and oxygen atoms in total. The zero-order valence-electron chi connectivity index (χ0n) is 12.8. The molecule has 1 aliphatic heterocycles. The first-order chi connectivity index (χ1) is 9.72. The summed E-state index contributed by atoms with van der Waals surface area (Å²) in [6.45, 7) is 8.87. The molecule has 2 heterocycles. The van der Waals surface area contributed by atoms with Crippen LogP contribution in [0.5, 0.6) is 0 Å². The van der Waals surface area contributed by atoms with Crippen LogP contribution in [-0.4, -0.2) is 35.6 Å². The molecular formula is C16H27N3S. The zero-order chi connectivity index (χ0) is 13.9. The standard InChI is InChI=1S/C16H27N3S/c1-12-13(2)20-16(18-12)11-19-9-8-17-15(10-19)14-6-4-3-5-7-14/h14-15,17H,3-11H2,1-2H3. The van der Waals surface area contributed by atoms with Crippen LogP contribution in [0, 0.1) is 19.8 Å². The van der Waals surface area contributed by atoms with Gasteiger partial charge in [0.15, 0.2) is 0 Å². The molecule has 0 bridgehead atoms. The molecule has 20 heavy (non-hydrogen) atoms. The highest BCUT2D eigenvalue weighted by molar-refractivity contribution is 7.11. The third kappa shape index (κ3) is 3.41. The summed E-state index contributed by atoms with van der Waals surface area (Å²) in [7, 11) is 0. The molecule has 1 N–H and O–H groups in total. The second-order valence-corrected chi connectivity index (χ2v) is 7.73. The fourth-order valence-corrected chi connectivity index (χ4v) is 4.61. The highest BCUT2D eigenvalue weighted by atomic mass is 32.1. The quantitative estimate of drug-likeness (QED) is 0.928. The fraction of sp³-hybridized carbons (Fsp3) is 0.812. The molecule has 1 saturated carbocycles. The van der Waals surface area contributed by atoms with Gasteiger partial charge in [0.2, 0.25) is 0 Å². The Hall–Kier alpha value is -0.450. The molecule has 1 saturated heterocycles. The molecule has 2 fully saturated rings. The van der Waals surface area contributed by atoms with Crippen LogP contribution in [0.3, 0.4) is 0 Å². The summed E-state index contributed by atoms with van der Waals surface area (Å²) in [6, 6.07) is 0.714. The summed E-state index contributed by atoms with van der Waals surface area (Å²) in [5, 5.41) is 5.06. The SMILES string of the molecule is Cc1nc(CN2CCNC(C3CCCCC3)C2)sc1C. The van der Waals surface area contributed by atoms with Crippen LogP contribution in [0.1, 0.15) is 47.7 Å². The molecule has 4 heteroatoms. The van der Waals surface area contributed by atoms with Crippen molar-refractivity contribution in [3.8, 4) is 0 Å². The summed E-state index contributed by atoms with van der Waals surface area (Å²) in [5.41, 5.74) is 1.21. The van der Waals surface area contributed by atoms with Gasteiger partial charge >= 0.3 is 0 Å². The fourth-order valence-electron chi connectivity index (χ4n) is 3.64. The van der Waals surface area contributed by atoms with E-state index in [1.165, 1.54) is 60.8 Å². The molecule has 1 atom stereocenters. The van der Waals surface area contributed by atoms with Gasteiger partial charge in [0.1, 0.15) is 5.01 Å². The first kappa shape index (κ1) is 14.5. The Kier molecular flexibility index (Phi) is 4.74. The van der Waals surface area contributed by atoms with Gasteiger partial charge in [0.05, 0.1) is 12.2 Å². The Balaban J connectivity index is 1.57. The second kappa shape index (κ2) is 6.54. The van der Waals surface area contributed by atoms with Crippen molar-refractivity contribution >= 4 is 11.3 Å². The second-order valence-electron chi connectivity index (χ2n) is 6.44. The maximum atomic E-state index is 4.70. The lowest BCUT2D eigenvalue weighted by atomic mass is 9.83. The number of thiazole rings is 1. The predicted molar refractivity (Wildman–Crippen MR) is 85.2 cm³/mol. The van der Waals surface area contributed by atoms with E-state index in [1.54, 1.807) is 0 Å². The van der Waals surface area contributed by atoms with E-state index in [1.807, 2.05) is 11.3 Å². The molecule has 0 radical (unpaired) electrons. The Morgan fingerprint density at radius 1 is 1.25 bits per heavy atom. The van der Waals surface area contributed by atoms with E-state index in [0.29, 0.717) is 6.04 Å². The molecule has 3 rings (SSSR count). The molecule has 1 aliphatic carbocycles. The molecule has 2 aliphatic rings. The smallest absolute Gasteiger partial charge is 0.107 e. The maximum absolute atomic E-state index is 4.70. The van der Waals surface area contributed by atoms with E-state index in [-0.39, 0.29) is 0 Å². The van der Waals surface area contributed by atoms with Crippen molar-refractivity contribution in [1.82, 2.24) is 15.2 Å². The molecular weight excluding hydrogens is 266 g/mol. The Bertz CT molecular complexity index is 417. The van der Waals surface area contributed by atoms with Crippen molar-refractivity contribution in [3.05, 3.63) is 15.6 Å². The normalized spacial score (nSPS) is 26.0. The summed E-state index contributed by atoms with van der Waals surface area (Å²) in [4.78, 5) is 8.68. The lowest BCUT2D eigenvalue weighted by Gasteiger charge is -2.39. The van der Waals surface area contributed by atoms with Crippen molar-refractivity contribution in [2.24, 2.45) is 5.92 Å². The zero-order valence-corrected chi connectivity index (χ0v) is 13.6. The number of piperazine rings is 1. The van der Waals surface area contributed by atoms with Crippen LogP contribution in [-0.2, 0) is 6.54 Å². The molecule has 0 amide bonds. The van der Waals surface area contributed by atoms with Crippen molar-refractivity contribution in [2.45, 2.75) is 58.5 Å². The van der Waals surface area contributed by atoms with Crippen molar-refractivity contribution in [2.75, 3.05) is 19.6 Å². The molecule has 112 valence electrons. The van der Waals surface area contributed by atoms with Gasteiger partial charge in [-0.2, -0.15) is 0 Å². The number of aromatic nitrogens is 1. The van der Waals surface area contributed by atoms with E-state index >= 15 is 0 Å². The molecule has 0 aromatic carbocycles. The van der Waals surface area contributed by atoms with Gasteiger partial charge in [-0.15, -0.1) is 11.3 Å². The first-order valence-corrected chi connectivity index (χ1v) is 8.92. The Morgan fingerprint density at radius 2 is 2.05 bits per heavy atom. The third-order valence-corrected chi connectivity index (χ3v) is 6.00. The third-order valence-electron chi connectivity index (χ3n) is 4.94. The largest absolute Gasteiger partial charge is 0.311 e. The summed E-state index contributed by atoms with van der Waals surface area (Å²) >= 11 is 1.87. The highest BCUT2D eigenvalue weighted by Crippen LogP contribution is 2.28. The van der Waals surface area contributed by atoms with Gasteiger partial charge in [-0.25, -0.2) is 4.98 Å².